The molecule has 27 heavy (non-hydrogen) atoms. The first kappa shape index (κ1) is 18.6. The summed E-state index contributed by atoms with van der Waals surface area (Å²) in [6.45, 7) is 3.17. The van der Waals surface area contributed by atoms with Gasteiger partial charge in [0.1, 0.15) is 0 Å². The van der Waals surface area contributed by atoms with E-state index in [1.165, 1.54) is 0 Å². The van der Waals surface area contributed by atoms with Crippen molar-refractivity contribution in [2.45, 2.75) is 42.4 Å². The predicted octanol–water partition coefficient (Wildman–Crippen LogP) is 2.18. The summed E-state index contributed by atoms with van der Waals surface area (Å²) in [7, 11) is -3.46. The van der Waals surface area contributed by atoms with E-state index in [-0.39, 0.29) is 11.7 Å². The fraction of sp³-hybridized carbons (Fsp3) is 0.450. The Morgan fingerprint density at radius 3 is 2.48 bits per heavy atom. The van der Waals surface area contributed by atoms with Gasteiger partial charge in [-0.3, -0.25) is 9.88 Å². The van der Waals surface area contributed by atoms with Gasteiger partial charge in [0.2, 0.25) is 10.0 Å². The molecule has 0 bridgehead atoms. The van der Waals surface area contributed by atoms with Gasteiger partial charge in [0.25, 0.3) is 0 Å². The van der Waals surface area contributed by atoms with E-state index in [1.807, 2.05) is 18.3 Å². The fourth-order valence-corrected chi connectivity index (χ4v) is 5.01. The standard InChI is InChI=1S/C20H25N3O3S/c24-27(25,19-7-2-1-3-8-19)22-15-18-14-20(26-18)9-12-23(13-10-20)16-17-6-4-5-11-21-17/h1-8,11,18,22H,9-10,12-16H2/t18-/m0/s1. The van der Waals surface area contributed by atoms with Crippen LogP contribution in [0.3, 0.4) is 0 Å². The number of likely N-dealkylation sites (tertiary alicyclic amines) is 1. The molecular weight excluding hydrogens is 362 g/mol. The van der Waals surface area contributed by atoms with E-state index >= 15 is 0 Å². The van der Waals surface area contributed by atoms with Crippen LogP contribution in [0.5, 0.6) is 0 Å². The van der Waals surface area contributed by atoms with Crippen molar-refractivity contribution >= 4 is 10.0 Å². The second-order valence-corrected chi connectivity index (χ2v) is 9.16. The molecule has 1 spiro atoms. The molecule has 0 saturated carbocycles. The van der Waals surface area contributed by atoms with E-state index in [2.05, 4.69) is 20.7 Å². The van der Waals surface area contributed by atoms with Gasteiger partial charge >= 0.3 is 0 Å². The van der Waals surface area contributed by atoms with Crippen LogP contribution >= 0.6 is 0 Å². The maximum Gasteiger partial charge on any atom is 0.240 e. The molecule has 144 valence electrons. The summed E-state index contributed by atoms with van der Waals surface area (Å²) in [5.74, 6) is 0. The van der Waals surface area contributed by atoms with Gasteiger partial charge < -0.3 is 4.74 Å². The molecule has 0 unspecified atom stereocenters. The van der Waals surface area contributed by atoms with Crippen molar-refractivity contribution in [2.24, 2.45) is 0 Å². The molecule has 2 aliphatic rings. The number of aromatic nitrogens is 1. The Labute approximate surface area is 160 Å². The number of rotatable bonds is 6. The van der Waals surface area contributed by atoms with E-state index in [0.29, 0.717) is 11.4 Å². The molecule has 1 aromatic heterocycles. The third-order valence-electron chi connectivity index (χ3n) is 5.45. The Hall–Kier alpha value is -1.80. The summed E-state index contributed by atoms with van der Waals surface area (Å²) in [5.41, 5.74) is 1.03. The van der Waals surface area contributed by atoms with Gasteiger partial charge in [0.05, 0.1) is 22.3 Å². The minimum atomic E-state index is -3.46. The summed E-state index contributed by atoms with van der Waals surface area (Å²) in [4.78, 5) is 7.09. The number of nitrogens with zero attached hydrogens (tertiary/aromatic N) is 2. The lowest BCUT2D eigenvalue weighted by Gasteiger charge is -2.52. The topological polar surface area (TPSA) is 71.5 Å². The van der Waals surface area contributed by atoms with Crippen molar-refractivity contribution in [2.75, 3.05) is 19.6 Å². The maximum atomic E-state index is 12.3. The molecule has 0 amide bonds. The highest BCUT2D eigenvalue weighted by Gasteiger charge is 2.47. The normalized spacial score (nSPS) is 22.4. The van der Waals surface area contributed by atoms with Crippen molar-refractivity contribution in [3.05, 3.63) is 60.4 Å². The van der Waals surface area contributed by atoms with Crippen LogP contribution < -0.4 is 4.72 Å². The number of nitrogens with one attached hydrogen (secondary N) is 1. The third kappa shape index (κ3) is 4.38. The molecule has 2 aromatic rings. The van der Waals surface area contributed by atoms with E-state index in [1.54, 1.807) is 30.3 Å². The highest BCUT2D eigenvalue weighted by Crippen LogP contribution is 2.41. The first-order valence-corrected chi connectivity index (χ1v) is 10.9. The van der Waals surface area contributed by atoms with Gasteiger partial charge in [0.15, 0.2) is 0 Å². The minimum absolute atomic E-state index is 0.0363. The van der Waals surface area contributed by atoms with Crippen molar-refractivity contribution < 1.29 is 13.2 Å². The zero-order valence-corrected chi connectivity index (χ0v) is 16.1. The summed E-state index contributed by atoms with van der Waals surface area (Å²) >= 11 is 0. The van der Waals surface area contributed by atoms with Gasteiger partial charge in [-0.1, -0.05) is 24.3 Å². The van der Waals surface area contributed by atoms with Crippen molar-refractivity contribution in [1.82, 2.24) is 14.6 Å². The van der Waals surface area contributed by atoms with Crippen LogP contribution in [0, 0.1) is 0 Å². The smallest absolute Gasteiger partial charge is 0.240 e. The number of hydrogen-bond acceptors (Lipinski definition) is 5. The Kier molecular flexibility index (Phi) is 5.27. The average molecular weight is 388 g/mol. The Bertz CT molecular complexity index is 843. The zero-order chi connectivity index (χ0) is 18.7. The Morgan fingerprint density at radius 2 is 1.81 bits per heavy atom. The van der Waals surface area contributed by atoms with Crippen LogP contribution in [0.1, 0.15) is 25.0 Å². The number of hydrogen-bond donors (Lipinski definition) is 1. The molecule has 2 saturated heterocycles. The van der Waals surface area contributed by atoms with E-state index in [9.17, 15) is 8.42 Å². The quantitative estimate of drug-likeness (QED) is 0.823. The molecular formula is C20H25N3O3S. The van der Waals surface area contributed by atoms with Gasteiger partial charge in [-0.2, -0.15) is 0 Å². The molecule has 0 aliphatic carbocycles. The molecule has 2 aliphatic heterocycles. The van der Waals surface area contributed by atoms with E-state index in [4.69, 9.17) is 4.74 Å². The number of piperidine rings is 1. The van der Waals surface area contributed by atoms with Crippen LogP contribution in [0.25, 0.3) is 0 Å². The lowest BCUT2D eigenvalue weighted by Crippen LogP contribution is -2.58. The molecule has 3 heterocycles. The second-order valence-electron chi connectivity index (χ2n) is 7.39. The number of benzene rings is 1. The number of pyridine rings is 1. The minimum Gasteiger partial charge on any atom is -0.370 e. The summed E-state index contributed by atoms with van der Waals surface area (Å²) < 4.78 is 33.4. The predicted molar refractivity (Wildman–Crippen MR) is 103 cm³/mol. The van der Waals surface area contributed by atoms with Crippen molar-refractivity contribution in [3.63, 3.8) is 0 Å². The highest BCUT2D eigenvalue weighted by molar-refractivity contribution is 7.89. The molecule has 7 heteroatoms. The van der Waals surface area contributed by atoms with Crippen LogP contribution in [-0.4, -0.2) is 49.6 Å². The number of ether oxygens (including phenoxy) is 1. The molecule has 1 aromatic carbocycles. The summed E-state index contributed by atoms with van der Waals surface area (Å²) in [5, 5.41) is 0. The van der Waals surface area contributed by atoms with Crippen LogP contribution in [0.4, 0.5) is 0 Å². The first-order chi connectivity index (χ1) is 13.0. The van der Waals surface area contributed by atoms with E-state index < -0.39 is 10.0 Å². The Balaban J connectivity index is 1.22. The van der Waals surface area contributed by atoms with E-state index in [0.717, 1.165) is 44.6 Å². The highest BCUT2D eigenvalue weighted by atomic mass is 32.2. The largest absolute Gasteiger partial charge is 0.370 e. The van der Waals surface area contributed by atoms with Gasteiger partial charge in [-0.05, 0) is 37.1 Å². The molecule has 2 fully saturated rings. The van der Waals surface area contributed by atoms with Crippen LogP contribution in [0.15, 0.2) is 59.6 Å². The molecule has 1 N–H and O–H groups in total. The molecule has 1 atom stereocenters. The SMILES string of the molecule is O=S(=O)(NC[C@@H]1CC2(CCN(Cc3ccccn3)CC2)O1)c1ccccc1. The number of sulfonamides is 1. The molecule has 6 nitrogen and oxygen atoms in total. The average Bonchev–Trinajstić information content (AvgIpc) is 2.67. The second kappa shape index (κ2) is 7.67. The first-order valence-electron chi connectivity index (χ1n) is 9.40. The monoisotopic (exact) mass is 387 g/mol. The lowest BCUT2D eigenvalue weighted by molar-refractivity contribution is -0.222. The maximum absolute atomic E-state index is 12.3. The fourth-order valence-electron chi connectivity index (χ4n) is 3.92. The third-order valence-corrected chi connectivity index (χ3v) is 6.89. The van der Waals surface area contributed by atoms with Gasteiger partial charge in [0, 0.05) is 38.8 Å². The van der Waals surface area contributed by atoms with Gasteiger partial charge in [-0.25, -0.2) is 13.1 Å². The zero-order valence-electron chi connectivity index (χ0n) is 15.3. The summed E-state index contributed by atoms with van der Waals surface area (Å²) in [6.07, 6.45) is 4.69. The van der Waals surface area contributed by atoms with Crippen molar-refractivity contribution in [3.8, 4) is 0 Å². The van der Waals surface area contributed by atoms with Crippen LogP contribution in [-0.2, 0) is 21.3 Å². The van der Waals surface area contributed by atoms with Crippen LogP contribution in [0.2, 0.25) is 0 Å². The van der Waals surface area contributed by atoms with Crippen molar-refractivity contribution in [1.29, 1.82) is 0 Å². The Morgan fingerprint density at radius 1 is 1.11 bits per heavy atom. The van der Waals surface area contributed by atoms with Gasteiger partial charge in [-0.15, -0.1) is 0 Å². The molecule has 0 radical (unpaired) electrons. The summed E-state index contributed by atoms with van der Waals surface area (Å²) in [6, 6.07) is 14.5. The lowest BCUT2D eigenvalue weighted by atomic mass is 9.80. The molecule has 4 rings (SSSR count).